The van der Waals surface area contributed by atoms with Crippen molar-refractivity contribution in [2.75, 3.05) is 25.1 Å². The van der Waals surface area contributed by atoms with E-state index in [1.54, 1.807) is 10.5 Å². The van der Waals surface area contributed by atoms with Crippen molar-refractivity contribution in [3.8, 4) is 21.8 Å². The fourth-order valence-electron chi connectivity index (χ4n) is 7.93. The van der Waals surface area contributed by atoms with Gasteiger partial charge in [-0.05, 0) is 86.4 Å². The summed E-state index contributed by atoms with van der Waals surface area (Å²) in [4.78, 5) is 27.9. The maximum atomic E-state index is 14.3. The van der Waals surface area contributed by atoms with Gasteiger partial charge in [0.1, 0.15) is 10.7 Å². The number of nitrogens with one attached hydrogen (secondary N) is 2. The van der Waals surface area contributed by atoms with E-state index >= 15 is 0 Å². The van der Waals surface area contributed by atoms with Gasteiger partial charge in [0.25, 0.3) is 5.56 Å². The van der Waals surface area contributed by atoms with Crippen LogP contribution in [0.4, 0.5) is 5.82 Å². The van der Waals surface area contributed by atoms with Gasteiger partial charge in [-0.3, -0.25) is 14.8 Å². The van der Waals surface area contributed by atoms with Crippen molar-refractivity contribution in [3.63, 3.8) is 0 Å². The van der Waals surface area contributed by atoms with Crippen LogP contribution < -0.4 is 10.9 Å². The number of fused-ring (bicyclic) bond motifs is 5. The Kier molecular flexibility index (Phi) is 7.07. The number of H-pyrrole nitrogens is 1. The third-order valence-corrected chi connectivity index (χ3v) is 13.4. The van der Waals surface area contributed by atoms with Crippen molar-refractivity contribution < 1.29 is 17.7 Å². The van der Waals surface area contributed by atoms with Crippen molar-refractivity contribution in [1.29, 1.82) is 0 Å². The Balaban J connectivity index is 1.23. The fraction of sp³-hybridized carbons (Fsp3) is 0.412. The second kappa shape index (κ2) is 11.4. The summed E-state index contributed by atoms with van der Waals surface area (Å²) in [5, 5.41) is 7.06. The Morgan fingerprint density at radius 2 is 1.96 bits per heavy atom. The molecule has 0 spiro atoms. The van der Waals surface area contributed by atoms with E-state index in [1.807, 2.05) is 24.4 Å². The molecule has 0 saturated carbocycles. The van der Waals surface area contributed by atoms with Gasteiger partial charge < -0.3 is 14.6 Å². The van der Waals surface area contributed by atoms with Crippen molar-refractivity contribution in [2.24, 2.45) is 5.92 Å². The van der Waals surface area contributed by atoms with Gasteiger partial charge in [0, 0.05) is 48.3 Å². The molecule has 2 saturated heterocycles. The lowest BCUT2D eigenvalue weighted by Crippen LogP contribution is -2.23. The molecule has 47 heavy (non-hydrogen) atoms. The predicted molar refractivity (Wildman–Crippen MR) is 178 cm³/mol. The van der Waals surface area contributed by atoms with E-state index in [0.717, 1.165) is 90.3 Å². The monoisotopic (exact) mass is 670 g/mol. The topological polar surface area (TPSA) is 143 Å². The summed E-state index contributed by atoms with van der Waals surface area (Å²) in [5.41, 5.74) is 4.42. The van der Waals surface area contributed by atoms with E-state index in [2.05, 4.69) is 21.5 Å². The number of aromatic amines is 1. The highest BCUT2D eigenvalue weighted by molar-refractivity contribution is 7.89. The van der Waals surface area contributed by atoms with Gasteiger partial charge in [-0.2, -0.15) is 9.46 Å². The Morgan fingerprint density at radius 3 is 2.81 bits per heavy atom. The Hall–Kier alpha value is -3.91. The van der Waals surface area contributed by atoms with Crippen LogP contribution in [0.1, 0.15) is 73.3 Å². The van der Waals surface area contributed by atoms with E-state index in [-0.39, 0.29) is 22.5 Å². The summed E-state index contributed by atoms with van der Waals surface area (Å²) >= 11 is 1.51. The molecule has 13 heteroatoms. The maximum Gasteiger partial charge on any atom is 0.280 e. The number of hydrogen-bond donors (Lipinski definition) is 2. The van der Waals surface area contributed by atoms with E-state index < -0.39 is 10.0 Å². The number of nitrogens with zero attached hydrogens (tertiary/aromatic N) is 4. The highest BCUT2D eigenvalue weighted by Gasteiger charge is 2.49. The van der Waals surface area contributed by atoms with Gasteiger partial charge in [0.05, 0.1) is 39.8 Å². The molecule has 0 aromatic carbocycles. The summed E-state index contributed by atoms with van der Waals surface area (Å²) in [5.74, 6) is 1.54. The van der Waals surface area contributed by atoms with Gasteiger partial charge in [0.2, 0.25) is 10.0 Å². The highest BCUT2D eigenvalue weighted by Crippen LogP contribution is 2.53. The van der Waals surface area contributed by atoms with Crippen molar-refractivity contribution in [2.45, 2.75) is 68.3 Å². The molecule has 0 bridgehead atoms. The number of hydrogen-bond acceptors (Lipinski definition) is 10. The predicted octanol–water partition coefficient (Wildman–Crippen LogP) is 6.00. The zero-order valence-corrected chi connectivity index (χ0v) is 27.3. The number of anilines is 1. The van der Waals surface area contributed by atoms with E-state index in [9.17, 15) is 13.2 Å². The smallest absolute Gasteiger partial charge is 0.280 e. The van der Waals surface area contributed by atoms with Crippen LogP contribution in [0, 0.1) is 5.92 Å². The number of aryl methyl sites for hydroxylation is 2. The van der Waals surface area contributed by atoms with Gasteiger partial charge >= 0.3 is 0 Å². The third-order valence-electron chi connectivity index (χ3n) is 10.2. The molecule has 2 fully saturated rings. The SMILES string of the molecule is O=c1cc(-c2c(CCC3CCOCC3)nc3c(c2-c2cc4ccnc(NC5CCc6ncccc65)c4s2)S(=O)(=O)N2CCCC32)o[nH]1. The third kappa shape index (κ3) is 4.85. The largest absolute Gasteiger partial charge is 0.381 e. The Bertz CT molecular complexity index is 2180. The van der Waals surface area contributed by atoms with Crippen LogP contribution in [0.5, 0.6) is 0 Å². The first-order valence-corrected chi connectivity index (χ1v) is 18.7. The molecular formula is C34H34N6O5S2. The lowest BCUT2D eigenvalue weighted by Gasteiger charge is -2.23. The molecule has 0 amide bonds. The number of aromatic nitrogens is 4. The first-order chi connectivity index (χ1) is 23.0. The number of pyridine rings is 3. The van der Waals surface area contributed by atoms with Crippen molar-refractivity contribution in [3.05, 3.63) is 75.7 Å². The van der Waals surface area contributed by atoms with Crippen molar-refractivity contribution in [1.82, 2.24) is 24.4 Å². The molecular weight excluding hydrogens is 637 g/mol. The van der Waals surface area contributed by atoms with Crippen LogP contribution >= 0.6 is 11.3 Å². The van der Waals surface area contributed by atoms with Gasteiger partial charge in [-0.15, -0.1) is 11.3 Å². The molecule has 5 aromatic heterocycles. The van der Waals surface area contributed by atoms with Crippen LogP contribution in [0.3, 0.4) is 0 Å². The summed E-state index contributed by atoms with van der Waals surface area (Å²) in [7, 11) is -3.84. The van der Waals surface area contributed by atoms with Crippen LogP contribution in [0.2, 0.25) is 0 Å². The molecule has 2 unspecified atom stereocenters. The maximum absolute atomic E-state index is 14.3. The standard InChI is InChI=1S/C34H34N6O5S2/c41-28-18-26(45-39-28)29-24(6-5-19-10-15-44-16-11-19)37-31-25-4-2-14-40(25)47(42,43)33(31)30(29)27-17-20-9-13-36-34(32(20)46-27)38-23-8-7-22-21(23)3-1-12-35-22/h1,3,9,12-13,17-19,23,25H,2,4-8,10-11,14-16H2,(H,36,38)(H,39,41). The minimum atomic E-state index is -3.84. The first kappa shape index (κ1) is 29.2. The number of ether oxygens (including phenoxy) is 1. The van der Waals surface area contributed by atoms with Crippen LogP contribution in [0.25, 0.3) is 31.9 Å². The van der Waals surface area contributed by atoms with Crippen LogP contribution in [-0.4, -0.2) is 52.6 Å². The van der Waals surface area contributed by atoms with Gasteiger partial charge in [-0.1, -0.05) is 6.07 Å². The molecule has 9 rings (SSSR count). The number of thiophene rings is 1. The molecule has 2 N–H and O–H groups in total. The Labute approximate surface area is 275 Å². The minimum absolute atomic E-state index is 0.0848. The summed E-state index contributed by atoms with van der Waals surface area (Å²) in [6.45, 7) is 1.96. The number of sulfonamides is 1. The average molecular weight is 671 g/mol. The molecule has 4 aliphatic rings. The number of rotatable bonds is 7. The summed E-state index contributed by atoms with van der Waals surface area (Å²) < 4.78 is 42.6. The fourth-order valence-corrected chi connectivity index (χ4v) is 11.2. The molecule has 8 heterocycles. The zero-order chi connectivity index (χ0) is 31.7. The molecule has 11 nitrogen and oxygen atoms in total. The second-order valence-corrected chi connectivity index (χ2v) is 15.8. The molecule has 2 atom stereocenters. The molecule has 0 radical (unpaired) electrons. The molecule has 3 aliphatic heterocycles. The zero-order valence-electron chi connectivity index (χ0n) is 25.7. The normalized spacial score (nSPS) is 22.0. The van der Waals surface area contributed by atoms with E-state index in [1.165, 1.54) is 23.0 Å². The van der Waals surface area contributed by atoms with Crippen LogP contribution in [-0.2, 0) is 27.6 Å². The molecule has 242 valence electrons. The van der Waals surface area contributed by atoms with E-state index in [0.29, 0.717) is 41.5 Å². The Morgan fingerprint density at radius 1 is 1.06 bits per heavy atom. The van der Waals surface area contributed by atoms with Gasteiger partial charge in [-0.25, -0.2) is 13.4 Å². The first-order valence-electron chi connectivity index (χ1n) is 16.4. The molecule has 1 aliphatic carbocycles. The highest BCUT2D eigenvalue weighted by atomic mass is 32.2. The summed E-state index contributed by atoms with van der Waals surface area (Å²) in [6.07, 6.45) is 10.5. The van der Waals surface area contributed by atoms with Crippen LogP contribution in [0.15, 0.2) is 56.9 Å². The average Bonchev–Trinajstić information content (AvgIpc) is 3.92. The summed E-state index contributed by atoms with van der Waals surface area (Å²) in [6, 6.07) is 9.29. The van der Waals surface area contributed by atoms with Crippen molar-refractivity contribution >= 4 is 37.3 Å². The van der Waals surface area contributed by atoms with E-state index in [4.69, 9.17) is 19.2 Å². The quantitative estimate of drug-likeness (QED) is 0.213. The lowest BCUT2D eigenvalue weighted by atomic mass is 9.91. The minimum Gasteiger partial charge on any atom is -0.381 e. The second-order valence-electron chi connectivity index (χ2n) is 12.9. The lowest BCUT2D eigenvalue weighted by molar-refractivity contribution is 0.0639. The molecule has 5 aromatic rings. The van der Waals surface area contributed by atoms with Gasteiger partial charge in [0.15, 0.2) is 5.76 Å².